The molecule has 1 aromatic carbocycles. The number of hydrogen-bond acceptors (Lipinski definition) is 3. The molecule has 1 atom stereocenters. The molecule has 78 valence electrons. The number of aliphatic carboxylic acids is 1. The molecule has 0 saturated carbocycles. The standard InChI is InChI=1S/C11H11NO3/c1-15-10-4-2-8(3-5-10)6-9(7-12)11(13)14/h2-5,9H,6H2,1H3,(H,13,14)/t9-/m1/s1. The van der Waals surface area contributed by atoms with Gasteiger partial charge in [0.05, 0.1) is 13.2 Å². The number of rotatable bonds is 4. The molecule has 0 amide bonds. The van der Waals surface area contributed by atoms with Crippen molar-refractivity contribution in [1.29, 1.82) is 5.26 Å². The average Bonchev–Trinajstić information content (AvgIpc) is 2.26. The highest BCUT2D eigenvalue weighted by Gasteiger charge is 2.16. The lowest BCUT2D eigenvalue weighted by Crippen LogP contribution is -2.14. The molecule has 1 aromatic rings. The maximum absolute atomic E-state index is 10.6. The first kappa shape index (κ1) is 11.1. The Morgan fingerprint density at radius 2 is 2.13 bits per heavy atom. The minimum atomic E-state index is -1.09. The number of carboxylic acids is 1. The molecule has 0 bridgehead atoms. The van der Waals surface area contributed by atoms with Gasteiger partial charge in [0.2, 0.25) is 0 Å². The van der Waals surface area contributed by atoms with Gasteiger partial charge in [-0.05, 0) is 24.1 Å². The highest BCUT2D eigenvalue weighted by molar-refractivity contribution is 5.73. The number of benzene rings is 1. The molecule has 1 rings (SSSR count). The van der Waals surface area contributed by atoms with Crippen LogP contribution in [0.3, 0.4) is 0 Å². The number of carbonyl (C=O) groups is 1. The molecule has 0 heterocycles. The second-order valence-electron chi connectivity index (χ2n) is 3.07. The molecule has 4 heteroatoms. The summed E-state index contributed by atoms with van der Waals surface area (Å²) in [6.07, 6.45) is 0.218. The Bertz CT molecular complexity index is 378. The van der Waals surface area contributed by atoms with E-state index in [1.807, 2.05) is 0 Å². The van der Waals surface area contributed by atoms with Crippen LogP contribution in [0.4, 0.5) is 0 Å². The summed E-state index contributed by atoms with van der Waals surface area (Å²) in [6.45, 7) is 0. The predicted octanol–water partition coefficient (Wildman–Crippen LogP) is 1.46. The zero-order chi connectivity index (χ0) is 11.3. The van der Waals surface area contributed by atoms with Crippen LogP contribution in [0.5, 0.6) is 5.75 Å². The summed E-state index contributed by atoms with van der Waals surface area (Å²) in [7, 11) is 1.56. The van der Waals surface area contributed by atoms with Crippen LogP contribution in [-0.4, -0.2) is 18.2 Å². The van der Waals surface area contributed by atoms with E-state index in [0.29, 0.717) is 5.75 Å². The molecule has 0 aliphatic rings. The average molecular weight is 205 g/mol. The van der Waals surface area contributed by atoms with Crippen LogP contribution in [0.2, 0.25) is 0 Å². The largest absolute Gasteiger partial charge is 0.497 e. The van der Waals surface area contributed by atoms with Crippen LogP contribution in [0.15, 0.2) is 24.3 Å². The zero-order valence-electron chi connectivity index (χ0n) is 8.30. The minimum absolute atomic E-state index is 0.218. The van der Waals surface area contributed by atoms with E-state index in [1.54, 1.807) is 37.4 Å². The summed E-state index contributed by atoms with van der Waals surface area (Å²) in [5.41, 5.74) is 0.810. The molecule has 0 aromatic heterocycles. The Kier molecular flexibility index (Phi) is 3.69. The number of nitriles is 1. The SMILES string of the molecule is COc1ccc(C[C@H](C#N)C(=O)O)cc1. The fourth-order valence-corrected chi connectivity index (χ4v) is 1.19. The number of carboxylic acid groups (broad SMARTS) is 1. The molecule has 0 unspecified atom stereocenters. The highest BCUT2D eigenvalue weighted by Crippen LogP contribution is 2.14. The maximum atomic E-state index is 10.6. The summed E-state index contributed by atoms with van der Waals surface area (Å²) >= 11 is 0. The van der Waals surface area contributed by atoms with Crippen molar-refractivity contribution < 1.29 is 14.6 Å². The van der Waals surface area contributed by atoms with Gasteiger partial charge >= 0.3 is 5.97 Å². The van der Waals surface area contributed by atoms with E-state index < -0.39 is 11.9 Å². The van der Waals surface area contributed by atoms with Crippen LogP contribution in [0, 0.1) is 17.2 Å². The first-order valence-corrected chi connectivity index (χ1v) is 4.42. The van der Waals surface area contributed by atoms with Crippen molar-refractivity contribution in [3.63, 3.8) is 0 Å². The molecule has 0 fully saturated rings. The lowest BCUT2D eigenvalue weighted by molar-refractivity contribution is -0.139. The molecular weight excluding hydrogens is 194 g/mol. The van der Waals surface area contributed by atoms with Crippen molar-refractivity contribution in [2.45, 2.75) is 6.42 Å². The van der Waals surface area contributed by atoms with Crippen LogP contribution in [0.1, 0.15) is 5.56 Å². The Labute approximate surface area is 87.7 Å². The molecule has 1 N–H and O–H groups in total. The summed E-state index contributed by atoms with van der Waals surface area (Å²) in [5.74, 6) is -1.37. The quantitative estimate of drug-likeness (QED) is 0.807. The van der Waals surface area contributed by atoms with Gasteiger partial charge in [0.15, 0.2) is 0 Å². The van der Waals surface area contributed by atoms with Crippen LogP contribution in [-0.2, 0) is 11.2 Å². The minimum Gasteiger partial charge on any atom is -0.497 e. The predicted molar refractivity (Wildman–Crippen MR) is 53.4 cm³/mol. The third-order valence-corrected chi connectivity index (χ3v) is 2.05. The van der Waals surface area contributed by atoms with Gasteiger partial charge in [0.1, 0.15) is 11.7 Å². The molecule has 0 spiro atoms. The Morgan fingerprint density at radius 1 is 1.53 bits per heavy atom. The lowest BCUT2D eigenvalue weighted by atomic mass is 10.0. The monoisotopic (exact) mass is 205 g/mol. The van der Waals surface area contributed by atoms with E-state index in [2.05, 4.69) is 0 Å². The number of hydrogen-bond donors (Lipinski definition) is 1. The Balaban J connectivity index is 2.72. The van der Waals surface area contributed by atoms with E-state index in [4.69, 9.17) is 15.1 Å². The molecule has 0 radical (unpaired) electrons. The molecule has 15 heavy (non-hydrogen) atoms. The smallest absolute Gasteiger partial charge is 0.321 e. The number of nitrogens with zero attached hydrogens (tertiary/aromatic N) is 1. The fraction of sp³-hybridized carbons (Fsp3) is 0.273. The van der Waals surface area contributed by atoms with Gasteiger partial charge in [-0.2, -0.15) is 5.26 Å². The van der Waals surface area contributed by atoms with E-state index in [9.17, 15) is 4.79 Å². The molecular formula is C11H11NO3. The van der Waals surface area contributed by atoms with Crippen molar-refractivity contribution in [2.24, 2.45) is 5.92 Å². The van der Waals surface area contributed by atoms with Gasteiger partial charge in [-0.25, -0.2) is 0 Å². The first-order chi connectivity index (χ1) is 7.17. The van der Waals surface area contributed by atoms with E-state index in [1.165, 1.54) is 0 Å². The summed E-state index contributed by atoms with van der Waals surface area (Å²) in [4.78, 5) is 10.6. The third-order valence-electron chi connectivity index (χ3n) is 2.05. The fourth-order valence-electron chi connectivity index (χ4n) is 1.19. The van der Waals surface area contributed by atoms with Crippen molar-refractivity contribution in [3.8, 4) is 11.8 Å². The van der Waals surface area contributed by atoms with E-state index in [-0.39, 0.29) is 6.42 Å². The highest BCUT2D eigenvalue weighted by atomic mass is 16.5. The Hall–Kier alpha value is -2.02. The van der Waals surface area contributed by atoms with Crippen LogP contribution < -0.4 is 4.74 Å². The van der Waals surface area contributed by atoms with Gasteiger partial charge in [-0.3, -0.25) is 4.79 Å². The zero-order valence-corrected chi connectivity index (χ0v) is 8.30. The van der Waals surface area contributed by atoms with Crippen molar-refractivity contribution in [2.75, 3.05) is 7.11 Å². The molecule has 0 aliphatic heterocycles. The summed E-state index contributed by atoms with van der Waals surface area (Å²) in [5, 5.41) is 17.3. The van der Waals surface area contributed by atoms with Gasteiger partial charge in [0.25, 0.3) is 0 Å². The molecule has 0 aliphatic carbocycles. The summed E-state index contributed by atoms with van der Waals surface area (Å²) < 4.78 is 4.97. The molecule has 4 nitrogen and oxygen atoms in total. The van der Waals surface area contributed by atoms with E-state index >= 15 is 0 Å². The van der Waals surface area contributed by atoms with Gasteiger partial charge in [0, 0.05) is 0 Å². The second kappa shape index (κ2) is 5.01. The van der Waals surface area contributed by atoms with Crippen molar-refractivity contribution in [1.82, 2.24) is 0 Å². The van der Waals surface area contributed by atoms with Gasteiger partial charge < -0.3 is 9.84 Å². The Morgan fingerprint density at radius 3 is 2.53 bits per heavy atom. The lowest BCUT2D eigenvalue weighted by Gasteiger charge is -2.05. The van der Waals surface area contributed by atoms with Gasteiger partial charge in [-0.1, -0.05) is 12.1 Å². The van der Waals surface area contributed by atoms with Gasteiger partial charge in [-0.15, -0.1) is 0 Å². The number of ether oxygens (including phenoxy) is 1. The normalized spacial score (nSPS) is 11.5. The van der Waals surface area contributed by atoms with Crippen molar-refractivity contribution in [3.05, 3.63) is 29.8 Å². The first-order valence-electron chi connectivity index (χ1n) is 4.42. The van der Waals surface area contributed by atoms with Crippen molar-refractivity contribution >= 4 is 5.97 Å². The maximum Gasteiger partial charge on any atom is 0.321 e. The summed E-state index contributed by atoms with van der Waals surface area (Å²) in [6, 6.07) is 8.74. The van der Waals surface area contributed by atoms with E-state index in [0.717, 1.165) is 5.56 Å². The number of methoxy groups -OCH3 is 1. The molecule has 0 saturated heterocycles. The topological polar surface area (TPSA) is 70.3 Å². The van der Waals surface area contributed by atoms with Crippen LogP contribution in [0.25, 0.3) is 0 Å². The van der Waals surface area contributed by atoms with Crippen LogP contribution >= 0.6 is 0 Å². The second-order valence-corrected chi connectivity index (χ2v) is 3.07. The third kappa shape index (κ3) is 2.99.